The molecule has 2 N–H and O–H groups in total. The summed E-state index contributed by atoms with van der Waals surface area (Å²) in [5, 5.41) is 21.8. The Kier molecular flexibility index (Phi) is 11.1. The number of likely N-dealkylation sites (N-methyl/N-ethyl adjacent to an activating group) is 1. The van der Waals surface area contributed by atoms with Gasteiger partial charge in [0.2, 0.25) is 0 Å². The van der Waals surface area contributed by atoms with Crippen LogP contribution in [0.25, 0.3) is 10.8 Å². The third-order valence-corrected chi connectivity index (χ3v) is 5.88. The van der Waals surface area contributed by atoms with E-state index in [2.05, 4.69) is 96.9 Å². The predicted octanol–water partition coefficient (Wildman–Crippen LogP) is 4.83. The summed E-state index contributed by atoms with van der Waals surface area (Å²) in [5.74, 6) is -3.65. The van der Waals surface area contributed by atoms with Gasteiger partial charge in [-0.05, 0) is 42.3 Å². The Hall–Kier alpha value is -3.36. The summed E-state index contributed by atoms with van der Waals surface area (Å²) in [7, 11) is 0. The highest BCUT2D eigenvalue weighted by atomic mass is 32.2. The van der Waals surface area contributed by atoms with Gasteiger partial charge in [-0.25, -0.2) is 9.59 Å². The van der Waals surface area contributed by atoms with Crippen LogP contribution in [-0.4, -0.2) is 65.3 Å². The molecule has 34 heavy (non-hydrogen) atoms. The minimum absolute atomic E-state index is 0.582. The number of hydrogen-bond donors (Lipinski definition) is 2. The van der Waals surface area contributed by atoms with Gasteiger partial charge in [-0.3, -0.25) is 0 Å². The topological polar surface area (TPSA) is 99.4 Å². The van der Waals surface area contributed by atoms with Crippen molar-refractivity contribution in [1.29, 1.82) is 0 Å². The molecule has 0 radical (unpaired) electrons. The molecule has 3 aromatic carbocycles. The fourth-order valence-electron chi connectivity index (χ4n) is 3.26. The van der Waals surface area contributed by atoms with Crippen molar-refractivity contribution in [3.8, 4) is 0 Å². The van der Waals surface area contributed by atoms with Crippen molar-refractivity contribution in [1.82, 2.24) is 4.90 Å². The van der Waals surface area contributed by atoms with Gasteiger partial charge in [-0.15, -0.1) is 11.8 Å². The highest BCUT2D eigenvalue weighted by molar-refractivity contribution is 7.98. The molecule has 0 aromatic heterocycles. The van der Waals surface area contributed by atoms with Crippen molar-refractivity contribution in [2.24, 2.45) is 5.16 Å². The van der Waals surface area contributed by atoms with Gasteiger partial charge in [0.05, 0.1) is 0 Å². The summed E-state index contributed by atoms with van der Waals surface area (Å²) in [4.78, 5) is 27.6. The summed E-state index contributed by atoms with van der Waals surface area (Å²) in [5.41, 5.74) is 3.04. The molecule has 0 aliphatic carbocycles. The lowest BCUT2D eigenvalue weighted by Crippen LogP contribution is -2.26. The molecular formula is C26H30N2O5S. The van der Waals surface area contributed by atoms with Crippen LogP contribution in [0.15, 0.2) is 76.8 Å². The maximum Gasteiger partial charge on any atom is 0.414 e. The molecule has 0 saturated carbocycles. The Morgan fingerprint density at radius 3 is 2.12 bits per heavy atom. The molecule has 3 aromatic rings. The smallest absolute Gasteiger partial charge is 0.414 e. The average molecular weight is 483 g/mol. The second kappa shape index (κ2) is 14.0. The van der Waals surface area contributed by atoms with Crippen LogP contribution in [0.1, 0.15) is 25.0 Å². The summed E-state index contributed by atoms with van der Waals surface area (Å²) in [6, 6.07) is 23.3. The minimum Gasteiger partial charge on any atom is -0.473 e. The van der Waals surface area contributed by atoms with Crippen LogP contribution in [-0.2, 0) is 14.4 Å². The number of benzene rings is 3. The molecule has 0 aliphatic heterocycles. The maximum absolute atomic E-state index is 9.10. The van der Waals surface area contributed by atoms with E-state index in [0.717, 1.165) is 36.5 Å². The Bertz CT molecular complexity index is 1090. The van der Waals surface area contributed by atoms with Gasteiger partial charge in [0, 0.05) is 22.6 Å². The lowest BCUT2D eigenvalue weighted by Gasteiger charge is -2.17. The van der Waals surface area contributed by atoms with Crippen LogP contribution >= 0.6 is 11.8 Å². The average Bonchev–Trinajstić information content (AvgIpc) is 2.86. The van der Waals surface area contributed by atoms with Crippen LogP contribution in [0.5, 0.6) is 0 Å². The number of aliphatic carboxylic acids is 2. The molecule has 180 valence electrons. The van der Waals surface area contributed by atoms with Gasteiger partial charge < -0.3 is 20.0 Å². The summed E-state index contributed by atoms with van der Waals surface area (Å²) in [6.45, 7) is 7.85. The summed E-state index contributed by atoms with van der Waals surface area (Å²) >= 11 is 1.74. The van der Waals surface area contributed by atoms with Gasteiger partial charge >= 0.3 is 11.9 Å². The number of rotatable bonds is 9. The monoisotopic (exact) mass is 482 g/mol. The van der Waals surface area contributed by atoms with Crippen molar-refractivity contribution in [2.45, 2.75) is 18.7 Å². The van der Waals surface area contributed by atoms with Gasteiger partial charge in [0.1, 0.15) is 12.3 Å². The number of hydrogen-bond acceptors (Lipinski definition) is 6. The van der Waals surface area contributed by atoms with E-state index in [1.54, 1.807) is 11.8 Å². The van der Waals surface area contributed by atoms with Crippen molar-refractivity contribution in [3.05, 3.63) is 77.9 Å². The van der Waals surface area contributed by atoms with Crippen LogP contribution in [0.4, 0.5) is 0 Å². The van der Waals surface area contributed by atoms with Crippen molar-refractivity contribution in [2.75, 3.05) is 32.5 Å². The van der Waals surface area contributed by atoms with E-state index in [1.165, 1.54) is 15.7 Å². The van der Waals surface area contributed by atoms with E-state index in [1.807, 2.05) is 0 Å². The fraction of sp³-hybridized carbons (Fsp3) is 0.269. The number of thioether (sulfide) groups is 1. The Morgan fingerprint density at radius 1 is 0.912 bits per heavy atom. The standard InChI is InChI=1S/C24H28N2OS.C2H2O4/c1-4-26(5-2)17-18-27-25-24(20-13-15-21(28-3)16-14-20)23-12-8-10-19-9-6-7-11-22(19)23;3-1(4)2(5)6/h6-16H,4-5,17-18H2,1-3H3;(H,3,4)(H,5,6). The Morgan fingerprint density at radius 2 is 1.53 bits per heavy atom. The van der Waals surface area contributed by atoms with Crippen LogP contribution < -0.4 is 0 Å². The van der Waals surface area contributed by atoms with Crippen molar-refractivity contribution < 1.29 is 24.6 Å². The first-order valence-corrected chi connectivity index (χ1v) is 12.1. The Labute approximate surface area is 204 Å². The van der Waals surface area contributed by atoms with Crippen LogP contribution in [0.2, 0.25) is 0 Å². The second-order valence-electron chi connectivity index (χ2n) is 7.17. The molecule has 7 nitrogen and oxygen atoms in total. The van der Waals surface area contributed by atoms with E-state index in [-0.39, 0.29) is 0 Å². The molecular weight excluding hydrogens is 452 g/mol. The molecule has 0 atom stereocenters. The molecule has 0 amide bonds. The number of oxime groups is 1. The fourth-order valence-corrected chi connectivity index (χ4v) is 3.67. The zero-order valence-corrected chi connectivity index (χ0v) is 20.4. The molecule has 3 rings (SSSR count). The lowest BCUT2D eigenvalue weighted by molar-refractivity contribution is -0.159. The predicted molar refractivity (Wildman–Crippen MR) is 137 cm³/mol. The summed E-state index contributed by atoms with van der Waals surface area (Å²) in [6.07, 6.45) is 2.09. The van der Waals surface area contributed by atoms with E-state index in [0.29, 0.717) is 6.61 Å². The molecule has 0 bridgehead atoms. The lowest BCUT2D eigenvalue weighted by atomic mass is 9.97. The van der Waals surface area contributed by atoms with Crippen LogP contribution in [0.3, 0.4) is 0 Å². The van der Waals surface area contributed by atoms with Gasteiger partial charge in [0.15, 0.2) is 0 Å². The normalized spacial score (nSPS) is 11.1. The first-order chi connectivity index (χ1) is 16.4. The van der Waals surface area contributed by atoms with Gasteiger partial charge in [-0.2, -0.15) is 0 Å². The maximum atomic E-state index is 9.10. The zero-order chi connectivity index (χ0) is 24.9. The Balaban J connectivity index is 0.000000604. The van der Waals surface area contributed by atoms with E-state index in [9.17, 15) is 0 Å². The molecule has 0 saturated heterocycles. The minimum atomic E-state index is -1.82. The molecule has 0 heterocycles. The number of nitrogens with zero attached hydrogens (tertiary/aromatic N) is 2. The van der Waals surface area contributed by atoms with Gasteiger partial charge in [0.25, 0.3) is 0 Å². The first kappa shape index (κ1) is 26.9. The number of carboxylic acid groups (broad SMARTS) is 2. The first-order valence-electron chi connectivity index (χ1n) is 10.9. The van der Waals surface area contributed by atoms with E-state index >= 15 is 0 Å². The molecule has 0 unspecified atom stereocenters. The molecule has 0 aliphatic rings. The SMILES string of the molecule is CCN(CC)CCON=C(c1ccc(SC)cc1)c1cccc2ccccc12.O=C(O)C(=O)O. The van der Waals surface area contributed by atoms with E-state index < -0.39 is 11.9 Å². The van der Waals surface area contributed by atoms with E-state index in [4.69, 9.17) is 24.6 Å². The number of carboxylic acids is 2. The molecule has 0 fully saturated rings. The van der Waals surface area contributed by atoms with Crippen LogP contribution in [0, 0.1) is 0 Å². The zero-order valence-electron chi connectivity index (χ0n) is 19.6. The number of fused-ring (bicyclic) bond motifs is 1. The summed E-state index contributed by atoms with van der Waals surface area (Å²) < 4.78 is 0. The van der Waals surface area contributed by atoms with Crippen molar-refractivity contribution in [3.63, 3.8) is 0 Å². The third-order valence-electron chi connectivity index (χ3n) is 5.14. The molecule has 8 heteroatoms. The number of carbonyl (C=O) groups is 2. The third kappa shape index (κ3) is 7.90. The quantitative estimate of drug-likeness (QED) is 0.148. The van der Waals surface area contributed by atoms with Crippen molar-refractivity contribution >= 4 is 40.2 Å². The second-order valence-corrected chi connectivity index (χ2v) is 8.05. The largest absolute Gasteiger partial charge is 0.473 e. The highest BCUT2D eigenvalue weighted by Crippen LogP contribution is 2.23. The molecule has 0 spiro atoms. The highest BCUT2D eigenvalue weighted by Gasteiger charge is 2.12. The van der Waals surface area contributed by atoms with Gasteiger partial charge in [-0.1, -0.05) is 73.6 Å².